The van der Waals surface area contributed by atoms with E-state index in [1.807, 2.05) is 6.92 Å². The number of carbonyl (C=O) groups excluding carboxylic acids is 3. The number of esters is 2. The highest BCUT2D eigenvalue weighted by Crippen LogP contribution is 2.25. The van der Waals surface area contributed by atoms with E-state index in [0.29, 0.717) is 25.8 Å². The van der Waals surface area contributed by atoms with Crippen LogP contribution in [0.3, 0.4) is 0 Å². The lowest BCUT2D eigenvalue weighted by Crippen LogP contribution is -2.31. The Morgan fingerprint density at radius 2 is 0.864 bits per heavy atom. The summed E-state index contributed by atoms with van der Waals surface area (Å²) in [4.78, 5) is 42.7. The van der Waals surface area contributed by atoms with Gasteiger partial charge in [0.25, 0.3) is 0 Å². The topological polar surface area (TPSA) is 72.9 Å². The molecule has 258 valence electrons. The molecular formula is C38H71NO5. The van der Waals surface area contributed by atoms with Crippen LogP contribution in [0.25, 0.3) is 0 Å². The van der Waals surface area contributed by atoms with Gasteiger partial charge in [-0.25, -0.2) is 0 Å². The zero-order chi connectivity index (χ0) is 32.1. The number of carbonyl (C=O) groups is 3. The van der Waals surface area contributed by atoms with E-state index < -0.39 is 17.9 Å². The third-order valence-electron chi connectivity index (χ3n) is 9.25. The molecule has 0 amide bonds. The Morgan fingerprint density at radius 3 is 1.25 bits per heavy atom. The minimum atomic E-state index is -0.480. The summed E-state index contributed by atoms with van der Waals surface area (Å²) in [6, 6.07) is -0.0562. The van der Waals surface area contributed by atoms with Gasteiger partial charge in [0.15, 0.2) is 0 Å². The van der Waals surface area contributed by atoms with Gasteiger partial charge in [0.1, 0.15) is 0 Å². The molecule has 0 radical (unpaired) electrons. The van der Waals surface area contributed by atoms with Crippen molar-refractivity contribution in [1.29, 1.82) is 0 Å². The summed E-state index contributed by atoms with van der Waals surface area (Å²) in [6.07, 6.45) is 34.0. The number of hydroxylamine groups is 2. The first-order valence-corrected chi connectivity index (χ1v) is 19.2. The first kappa shape index (κ1) is 40.6. The summed E-state index contributed by atoms with van der Waals surface area (Å²) in [5, 5.41) is 1.60. The van der Waals surface area contributed by atoms with Crippen LogP contribution in [-0.4, -0.2) is 35.6 Å². The molecule has 1 aliphatic heterocycles. The van der Waals surface area contributed by atoms with Crippen molar-refractivity contribution in [3.8, 4) is 0 Å². The van der Waals surface area contributed by atoms with E-state index >= 15 is 0 Å². The van der Waals surface area contributed by atoms with Crippen LogP contribution in [0.15, 0.2) is 0 Å². The van der Waals surface area contributed by atoms with Crippen LogP contribution in [0.1, 0.15) is 207 Å². The molecule has 0 aromatic heterocycles. The molecule has 1 heterocycles. The number of hydrogen-bond acceptors (Lipinski definition) is 6. The molecule has 1 fully saturated rings. The maximum atomic E-state index is 12.6. The molecule has 2 atom stereocenters. The molecule has 0 N–H and O–H groups in total. The molecule has 0 aromatic carbocycles. The summed E-state index contributed by atoms with van der Waals surface area (Å²) in [7, 11) is 0. The maximum Gasteiger partial charge on any atom is 0.325 e. The van der Waals surface area contributed by atoms with Gasteiger partial charge in [-0.2, -0.15) is 0 Å². The molecule has 0 saturated carbocycles. The van der Waals surface area contributed by atoms with Crippen LogP contribution in [0.4, 0.5) is 0 Å². The minimum Gasteiger partial charge on any atom is -0.393 e. The molecule has 0 bridgehead atoms. The van der Waals surface area contributed by atoms with Crippen molar-refractivity contribution in [3.63, 3.8) is 0 Å². The Hall–Kier alpha value is -1.43. The predicted molar refractivity (Wildman–Crippen MR) is 182 cm³/mol. The largest absolute Gasteiger partial charge is 0.393 e. The fourth-order valence-electron chi connectivity index (χ4n) is 6.30. The fraction of sp³-hybridized carbons (Fsp3) is 0.921. The summed E-state index contributed by atoms with van der Waals surface area (Å²) in [5.41, 5.74) is 0. The molecule has 0 aromatic rings. The van der Waals surface area contributed by atoms with Gasteiger partial charge in [-0.15, -0.1) is 5.06 Å². The Labute approximate surface area is 272 Å². The average molecular weight is 622 g/mol. The summed E-state index contributed by atoms with van der Waals surface area (Å²) in [5.74, 6) is -1.56. The monoisotopic (exact) mass is 622 g/mol. The summed E-state index contributed by atoms with van der Waals surface area (Å²) < 4.78 is 5.15. The molecule has 6 nitrogen and oxygen atoms in total. The van der Waals surface area contributed by atoms with E-state index in [-0.39, 0.29) is 12.0 Å². The van der Waals surface area contributed by atoms with Crippen LogP contribution < -0.4 is 0 Å². The van der Waals surface area contributed by atoms with Gasteiger partial charge >= 0.3 is 17.9 Å². The number of hydrogen-bond donors (Lipinski definition) is 0. The highest BCUT2D eigenvalue weighted by atomic mass is 16.7. The van der Waals surface area contributed by atoms with Crippen molar-refractivity contribution >= 4 is 17.9 Å². The van der Waals surface area contributed by atoms with E-state index in [0.717, 1.165) is 32.1 Å². The van der Waals surface area contributed by atoms with E-state index in [9.17, 15) is 14.4 Å². The van der Waals surface area contributed by atoms with E-state index in [1.165, 1.54) is 135 Å². The quantitative estimate of drug-likeness (QED) is 0.0451. The second kappa shape index (κ2) is 29.0. The number of ether oxygens (including phenoxy) is 1. The summed E-state index contributed by atoms with van der Waals surface area (Å²) >= 11 is 0. The second-order valence-electron chi connectivity index (χ2n) is 13.6. The van der Waals surface area contributed by atoms with Gasteiger partial charge in [0.2, 0.25) is 0 Å². The highest BCUT2D eigenvalue weighted by molar-refractivity contribution is 5.87. The van der Waals surface area contributed by atoms with E-state index in [2.05, 4.69) is 13.8 Å². The van der Waals surface area contributed by atoms with Crippen molar-refractivity contribution in [2.45, 2.75) is 213 Å². The molecule has 1 saturated heterocycles. The smallest absolute Gasteiger partial charge is 0.325 e. The predicted octanol–water partition coefficient (Wildman–Crippen LogP) is 11.2. The van der Waals surface area contributed by atoms with Crippen molar-refractivity contribution in [3.05, 3.63) is 0 Å². The fourth-order valence-corrected chi connectivity index (χ4v) is 6.30. The lowest BCUT2D eigenvalue weighted by atomic mass is 10.0. The first-order chi connectivity index (χ1) is 21.5. The number of nitrogens with zero attached hydrogens (tertiary/aromatic N) is 1. The van der Waals surface area contributed by atoms with Gasteiger partial charge in [-0.1, -0.05) is 168 Å². The number of unbranched alkanes of at least 4 members (excludes halogenated alkanes) is 24. The van der Waals surface area contributed by atoms with Crippen LogP contribution in [0, 0.1) is 5.92 Å². The van der Waals surface area contributed by atoms with Gasteiger partial charge in [0, 0.05) is 25.4 Å². The zero-order valence-electron chi connectivity index (χ0n) is 29.4. The van der Waals surface area contributed by atoms with Crippen molar-refractivity contribution in [2.24, 2.45) is 5.92 Å². The third kappa shape index (κ3) is 23.0. The van der Waals surface area contributed by atoms with Crippen molar-refractivity contribution in [2.75, 3.05) is 6.54 Å². The summed E-state index contributed by atoms with van der Waals surface area (Å²) in [6.45, 7) is 6.77. The second-order valence-corrected chi connectivity index (χ2v) is 13.6. The van der Waals surface area contributed by atoms with Crippen LogP contribution in [-0.2, 0) is 24.0 Å². The van der Waals surface area contributed by atoms with Gasteiger partial charge in [0.05, 0.1) is 5.92 Å². The lowest BCUT2D eigenvalue weighted by molar-refractivity contribution is -0.195. The van der Waals surface area contributed by atoms with Gasteiger partial charge in [-0.05, 0) is 26.2 Å². The standard InChI is InChI=1S/C38H71NO5/c1-4-6-8-10-12-14-16-18-20-22-24-26-28-30-36(40)43-38(42)35-32-34(3)39(33-35)44-37(41)31-29-27-25-23-21-19-17-15-13-11-9-7-5-2/h34-35H,4-33H2,1-3H3/t34-,35?/m1/s1. The molecule has 44 heavy (non-hydrogen) atoms. The van der Waals surface area contributed by atoms with Crippen molar-refractivity contribution < 1.29 is 24.0 Å². The molecule has 0 spiro atoms. The SMILES string of the molecule is CCCCCCCCCCCCCCCC(=O)OC(=O)C1C[C@@H](C)N(OC(=O)CCCCCCCCCCCCCCC)C1. The molecule has 1 aliphatic rings. The zero-order valence-corrected chi connectivity index (χ0v) is 29.4. The van der Waals surface area contributed by atoms with Gasteiger partial charge < -0.3 is 9.57 Å². The van der Waals surface area contributed by atoms with Crippen LogP contribution in [0.2, 0.25) is 0 Å². The highest BCUT2D eigenvalue weighted by Gasteiger charge is 2.37. The Bertz CT molecular complexity index is 711. The Kier molecular flexibility index (Phi) is 26.8. The third-order valence-corrected chi connectivity index (χ3v) is 9.25. The normalized spacial score (nSPS) is 16.8. The number of rotatable bonds is 30. The van der Waals surface area contributed by atoms with E-state index in [1.54, 1.807) is 5.06 Å². The first-order valence-electron chi connectivity index (χ1n) is 19.2. The maximum absolute atomic E-state index is 12.6. The Morgan fingerprint density at radius 1 is 0.523 bits per heavy atom. The average Bonchev–Trinajstić information content (AvgIpc) is 3.37. The van der Waals surface area contributed by atoms with E-state index in [4.69, 9.17) is 9.57 Å². The Balaban J connectivity index is 2.00. The van der Waals surface area contributed by atoms with Crippen LogP contribution >= 0.6 is 0 Å². The molecular weight excluding hydrogens is 550 g/mol. The lowest BCUT2D eigenvalue weighted by Gasteiger charge is -2.19. The molecule has 1 rings (SSSR count). The van der Waals surface area contributed by atoms with Crippen molar-refractivity contribution in [1.82, 2.24) is 5.06 Å². The van der Waals surface area contributed by atoms with Gasteiger partial charge in [-0.3, -0.25) is 14.4 Å². The molecule has 6 heteroatoms. The van der Waals surface area contributed by atoms with Crippen LogP contribution in [0.5, 0.6) is 0 Å². The molecule has 0 aliphatic carbocycles. The minimum absolute atomic E-state index is 0.0562. The molecule has 1 unspecified atom stereocenters.